The standard InChI is InChI=1S/C17H15N5/c1-21(2)13-9-7-12(8-10-13)16-19-17-14-5-3-4-6-15(14)18-11-22(17)20-16/h3-11H,1-2H3. The van der Waals surface area contributed by atoms with E-state index in [9.17, 15) is 0 Å². The summed E-state index contributed by atoms with van der Waals surface area (Å²) in [5, 5.41) is 5.55. The van der Waals surface area contributed by atoms with Crippen LogP contribution in [-0.2, 0) is 0 Å². The van der Waals surface area contributed by atoms with Crippen LogP contribution in [0.1, 0.15) is 0 Å². The first-order valence-electron chi connectivity index (χ1n) is 7.10. The quantitative estimate of drug-likeness (QED) is 0.569. The topological polar surface area (TPSA) is 46.3 Å². The summed E-state index contributed by atoms with van der Waals surface area (Å²) >= 11 is 0. The molecule has 0 atom stereocenters. The number of para-hydroxylation sites is 1. The SMILES string of the molecule is CN(C)c1ccc(-c2nc3c4ccccc4ncn3n2)cc1. The summed E-state index contributed by atoms with van der Waals surface area (Å²) in [5.41, 5.74) is 3.91. The average Bonchev–Trinajstić information content (AvgIpc) is 2.99. The summed E-state index contributed by atoms with van der Waals surface area (Å²) in [4.78, 5) is 11.2. The largest absolute Gasteiger partial charge is 0.378 e. The van der Waals surface area contributed by atoms with Gasteiger partial charge in [-0.05, 0) is 36.4 Å². The molecule has 0 aliphatic rings. The number of nitrogens with zero attached hydrogens (tertiary/aromatic N) is 5. The van der Waals surface area contributed by atoms with Crippen molar-refractivity contribution in [3.63, 3.8) is 0 Å². The lowest BCUT2D eigenvalue weighted by molar-refractivity contribution is 0.938. The van der Waals surface area contributed by atoms with E-state index >= 15 is 0 Å². The van der Waals surface area contributed by atoms with Gasteiger partial charge in [-0.25, -0.2) is 14.5 Å². The first-order valence-corrected chi connectivity index (χ1v) is 7.10. The zero-order valence-corrected chi connectivity index (χ0v) is 12.4. The number of anilines is 1. The molecule has 0 saturated heterocycles. The molecule has 0 N–H and O–H groups in total. The molecule has 0 saturated carbocycles. The molecule has 4 rings (SSSR count). The molecule has 0 fully saturated rings. The Morgan fingerprint density at radius 2 is 1.73 bits per heavy atom. The fraction of sp³-hybridized carbons (Fsp3) is 0.118. The van der Waals surface area contributed by atoms with E-state index in [-0.39, 0.29) is 0 Å². The Morgan fingerprint density at radius 1 is 0.955 bits per heavy atom. The molecular weight excluding hydrogens is 274 g/mol. The van der Waals surface area contributed by atoms with Crippen molar-refractivity contribution in [3.05, 3.63) is 54.9 Å². The molecule has 2 aromatic heterocycles. The summed E-state index contributed by atoms with van der Waals surface area (Å²) < 4.78 is 1.73. The Hall–Kier alpha value is -2.95. The minimum absolute atomic E-state index is 0.712. The van der Waals surface area contributed by atoms with Crippen molar-refractivity contribution < 1.29 is 0 Å². The van der Waals surface area contributed by atoms with Crippen LogP contribution < -0.4 is 4.90 Å². The van der Waals surface area contributed by atoms with E-state index in [1.165, 1.54) is 0 Å². The van der Waals surface area contributed by atoms with Crippen molar-refractivity contribution in [2.75, 3.05) is 19.0 Å². The number of hydrogen-bond acceptors (Lipinski definition) is 4. The number of fused-ring (bicyclic) bond motifs is 3. The van der Waals surface area contributed by atoms with E-state index in [0.29, 0.717) is 5.82 Å². The predicted octanol–water partition coefficient (Wildman–Crippen LogP) is 3.01. The molecule has 2 heterocycles. The molecule has 0 radical (unpaired) electrons. The zero-order valence-electron chi connectivity index (χ0n) is 12.4. The van der Waals surface area contributed by atoms with E-state index in [2.05, 4.69) is 32.1 Å². The summed E-state index contributed by atoms with van der Waals surface area (Å²) in [7, 11) is 4.05. The highest BCUT2D eigenvalue weighted by Crippen LogP contribution is 2.22. The Labute approximate surface area is 127 Å². The Bertz CT molecular complexity index is 954. The second-order valence-corrected chi connectivity index (χ2v) is 5.41. The van der Waals surface area contributed by atoms with Crippen molar-refractivity contribution in [3.8, 4) is 11.4 Å². The van der Waals surface area contributed by atoms with Crippen LogP contribution in [-0.4, -0.2) is 33.7 Å². The second-order valence-electron chi connectivity index (χ2n) is 5.41. The molecule has 2 aromatic carbocycles. The number of rotatable bonds is 2. The van der Waals surface area contributed by atoms with Crippen molar-refractivity contribution in [1.29, 1.82) is 0 Å². The van der Waals surface area contributed by atoms with Gasteiger partial charge in [-0.15, -0.1) is 5.10 Å². The summed E-state index contributed by atoms with van der Waals surface area (Å²) in [6.45, 7) is 0. The van der Waals surface area contributed by atoms with Gasteiger partial charge in [0, 0.05) is 30.7 Å². The molecular formula is C17H15N5. The van der Waals surface area contributed by atoms with Crippen molar-refractivity contribution in [1.82, 2.24) is 19.6 Å². The van der Waals surface area contributed by atoms with Crippen LogP contribution in [0.3, 0.4) is 0 Å². The number of aromatic nitrogens is 4. The highest BCUT2D eigenvalue weighted by Gasteiger charge is 2.09. The minimum atomic E-state index is 0.712. The normalized spacial score (nSPS) is 11.2. The van der Waals surface area contributed by atoms with E-state index < -0.39 is 0 Å². The highest BCUT2D eigenvalue weighted by atomic mass is 15.3. The third kappa shape index (κ3) is 1.98. The maximum atomic E-state index is 4.68. The van der Waals surface area contributed by atoms with Gasteiger partial charge in [0.15, 0.2) is 11.5 Å². The maximum absolute atomic E-state index is 4.68. The highest BCUT2D eigenvalue weighted by molar-refractivity contribution is 5.91. The van der Waals surface area contributed by atoms with Crippen molar-refractivity contribution in [2.24, 2.45) is 0 Å². The summed E-state index contributed by atoms with van der Waals surface area (Å²) in [5.74, 6) is 0.712. The summed E-state index contributed by atoms with van der Waals surface area (Å²) in [6, 6.07) is 16.2. The molecule has 5 nitrogen and oxygen atoms in total. The van der Waals surface area contributed by atoms with Gasteiger partial charge in [0.25, 0.3) is 0 Å². The third-order valence-corrected chi connectivity index (χ3v) is 3.72. The van der Waals surface area contributed by atoms with E-state index in [0.717, 1.165) is 27.8 Å². The van der Waals surface area contributed by atoms with E-state index in [4.69, 9.17) is 0 Å². The fourth-order valence-electron chi connectivity index (χ4n) is 2.51. The molecule has 5 heteroatoms. The van der Waals surface area contributed by atoms with Gasteiger partial charge in [-0.3, -0.25) is 0 Å². The van der Waals surface area contributed by atoms with Crippen LogP contribution in [0, 0.1) is 0 Å². The first-order chi connectivity index (χ1) is 10.7. The second kappa shape index (κ2) is 4.80. The van der Waals surface area contributed by atoms with Crippen LogP contribution >= 0.6 is 0 Å². The number of hydrogen-bond donors (Lipinski definition) is 0. The Kier molecular flexibility index (Phi) is 2.79. The molecule has 0 unspecified atom stereocenters. The smallest absolute Gasteiger partial charge is 0.182 e. The van der Waals surface area contributed by atoms with Gasteiger partial charge in [0.1, 0.15) is 6.33 Å². The lowest BCUT2D eigenvalue weighted by Gasteiger charge is -2.11. The third-order valence-electron chi connectivity index (χ3n) is 3.72. The molecule has 0 spiro atoms. The molecule has 0 aliphatic heterocycles. The molecule has 4 aromatic rings. The van der Waals surface area contributed by atoms with E-state index in [1.807, 2.05) is 50.5 Å². The maximum Gasteiger partial charge on any atom is 0.182 e. The Balaban J connectivity index is 1.87. The number of benzene rings is 2. The predicted molar refractivity (Wildman–Crippen MR) is 88.1 cm³/mol. The van der Waals surface area contributed by atoms with Gasteiger partial charge in [0.2, 0.25) is 0 Å². The van der Waals surface area contributed by atoms with Crippen molar-refractivity contribution in [2.45, 2.75) is 0 Å². The van der Waals surface area contributed by atoms with Crippen LogP contribution in [0.5, 0.6) is 0 Å². The van der Waals surface area contributed by atoms with Crippen LogP contribution in [0.15, 0.2) is 54.9 Å². The van der Waals surface area contributed by atoms with Crippen molar-refractivity contribution >= 4 is 22.2 Å². The first kappa shape index (κ1) is 12.8. The fourth-order valence-corrected chi connectivity index (χ4v) is 2.51. The molecule has 0 bridgehead atoms. The van der Waals surface area contributed by atoms with Gasteiger partial charge in [0.05, 0.1) is 5.52 Å². The minimum Gasteiger partial charge on any atom is -0.378 e. The molecule has 0 aliphatic carbocycles. The lowest BCUT2D eigenvalue weighted by atomic mass is 10.2. The van der Waals surface area contributed by atoms with Gasteiger partial charge in [-0.1, -0.05) is 12.1 Å². The van der Waals surface area contributed by atoms with Crippen LogP contribution in [0.4, 0.5) is 5.69 Å². The van der Waals surface area contributed by atoms with Crippen LogP contribution in [0.25, 0.3) is 27.9 Å². The lowest BCUT2D eigenvalue weighted by Crippen LogP contribution is -2.07. The van der Waals surface area contributed by atoms with Gasteiger partial charge in [-0.2, -0.15) is 0 Å². The van der Waals surface area contributed by atoms with Gasteiger partial charge >= 0.3 is 0 Å². The van der Waals surface area contributed by atoms with Crippen LogP contribution in [0.2, 0.25) is 0 Å². The summed E-state index contributed by atoms with van der Waals surface area (Å²) in [6.07, 6.45) is 1.71. The zero-order chi connectivity index (χ0) is 15.1. The van der Waals surface area contributed by atoms with Gasteiger partial charge < -0.3 is 4.90 Å². The monoisotopic (exact) mass is 289 g/mol. The Morgan fingerprint density at radius 3 is 2.50 bits per heavy atom. The molecule has 108 valence electrons. The molecule has 22 heavy (non-hydrogen) atoms. The molecule has 0 amide bonds. The van der Waals surface area contributed by atoms with E-state index in [1.54, 1.807) is 10.8 Å². The average molecular weight is 289 g/mol.